The van der Waals surface area contributed by atoms with Crippen LogP contribution >= 0.6 is 15.9 Å². The topological polar surface area (TPSA) is 80.7 Å². The highest BCUT2D eigenvalue weighted by atomic mass is 79.9. The molecule has 0 aromatic heterocycles. The van der Waals surface area contributed by atoms with Crippen LogP contribution in [0.5, 0.6) is 0 Å². The molecule has 1 aromatic carbocycles. The molecule has 0 spiro atoms. The smallest absolute Gasteiger partial charge is 0.314 e. The number of sulfone groups is 1. The first-order valence-corrected chi connectivity index (χ1v) is 8.66. The maximum absolute atomic E-state index is 11.9. The van der Waals surface area contributed by atoms with Crippen LogP contribution in [-0.2, 0) is 19.4 Å². The van der Waals surface area contributed by atoms with Crippen LogP contribution in [-0.4, -0.2) is 44.7 Å². The van der Waals surface area contributed by atoms with E-state index >= 15 is 0 Å². The van der Waals surface area contributed by atoms with E-state index in [-0.39, 0.29) is 6.61 Å². The van der Waals surface area contributed by atoms with Gasteiger partial charge >= 0.3 is 5.97 Å². The summed E-state index contributed by atoms with van der Waals surface area (Å²) in [7, 11) is -2.11. The fourth-order valence-corrected chi connectivity index (χ4v) is 5.06. The average molecular weight is 363 g/mol. The summed E-state index contributed by atoms with van der Waals surface area (Å²) in [5.41, 5.74) is -0.695. The van der Waals surface area contributed by atoms with Gasteiger partial charge < -0.3 is 9.84 Å². The van der Waals surface area contributed by atoms with Gasteiger partial charge in [0, 0.05) is 23.8 Å². The number of benzene rings is 1. The van der Waals surface area contributed by atoms with Crippen molar-refractivity contribution in [2.45, 2.75) is 11.2 Å². The molecule has 2 rings (SSSR count). The Balaban J connectivity index is 2.49. The van der Waals surface area contributed by atoms with Crippen molar-refractivity contribution in [3.8, 4) is 0 Å². The third-order valence-electron chi connectivity index (χ3n) is 3.73. The van der Waals surface area contributed by atoms with Gasteiger partial charge in [-0.3, -0.25) is 4.79 Å². The molecular weight excluding hydrogens is 348 g/mol. The first-order valence-electron chi connectivity index (χ1n) is 5.92. The Kier molecular flexibility index (Phi) is 3.96. The van der Waals surface area contributed by atoms with Gasteiger partial charge in [0.05, 0.1) is 11.9 Å². The third-order valence-corrected chi connectivity index (χ3v) is 5.87. The molecule has 0 amide bonds. The van der Waals surface area contributed by atoms with Gasteiger partial charge in [-0.25, -0.2) is 8.42 Å². The highest BCUT2D eigenvalue weighted by molar-refractivity contribution is 9.10. The summed E-state index contributed by atoms with van der Waals surface area (Å²) >= 11 is 3.30. The highest BCUT2D eigenvalue weighted by Crippen LogP contribution is 2.63. The van der Waals surface area contributed by atoms with Crippen molar-refractivity contribution in [1.82, 2.24) is 0 Å². The van der Waals surface area contributed by atoms with Crippen LogP contribution in [0, 0.1) is 5.41 Å². The number of ether oxygens (including phenoxy) is 1. The van der Waals surface area contributed by atoms with Gasteiger partial charge in [0.15, 0.2) is 9.84 Å². The lowest BCUT2D eigenvalue weighted by atomic mass is 10.0. The number of carboxylic acid groups (broad SMARTS) is 1. The highest BCUT2D eigenvalue weighted by Gasteiger charge is 2.74. The number of carbonyl (C=O) groups is 1. The monoisotopic (exact) mass is 362 g/mol. The molecule has 1 aromatic rings. The molecule has 1 aliphatic carbocycles. The van der Waals surface area contributed by atoms with Crippen molar-refractivity contribution < 1.29 is 23.1 Å². The second-order valence-electron chi connectivity index (χ2n) is 5.06. The summed E-state index contributed by atoms with van der Waals surface area (Å²) in [5.74, 6) is -1.72. The molecule has 0 aliphatic heterocycles. The lowest BCUT2D eigenvalue weighted by Gasteiger charge is -2.11. The minimum absolute atomic E-state index is 0.124. The van der Waals surface area contributed by atoms with E-state index in [9.17, 15) is 18.3 Å². The Labute approximate surface area is 126 Å². The molecule has 7 heteroatoms. The quantitative estimate of drug-likeness (QED) is 0.861. The van der Waals surface area contributed by atoms with Crippen molar-refractivity contribution in [3.05, 3.63) is 34.3 Å². The fourth-order valence-electron chi connectivity index (χ4n) is 2.90. The van der Waals surface area contributed by atoms with Gasteiger partial charge in [-0.05, 0) is 17.7 Å². The molecule has 0 heterocycles. The zero-order valence-electron chi connectivity index (χ0n) is 11.0. The van der Waals surface area contributed by atoms with E-state index in [1.54, 1.807) is 24.3 Å². The molecule has 110 valence electrons. The Hall–Kier alpha value is -0.920. The first kappa shape index (κ1) is 15.5. The van der Waals surface area contributed by atoms with Crippen LogP contribution in [0.25, 0.3) is 0 Å². The summed E-state index contributed by atoms with van der Waals surface area (Å²) in [6, 6.07) is 7.03. The molecule has 0 unspecified atom stereocenters. The molecule has 1 N–H and O–H groups in total. The van der Waals surface area contributed by atoms with Crippen molar-refractivity contribution in [2.75, 3.05) is 20.0 Å². The van der Waals surface area contributed by atoms with Gasteiger partial charge in [-0.1, -0.05) is 28.1 Å². The lowest BCUT2D eigenvalue weighted by molar-refractivity contribution is -0.145. The number of aliphatic carboxylic acids is 1. The zero-order chi connectivity index (χ0) is 15.1. The number of hydrogen-bond donors (Lipinski definition) is 1. The minimum atomic E-state index is -3.48. The van der Waals surface area contributed by atoms with Crippen LogP contribution in [0.15, 0.2) is 28.7 Å². The van der Waals surface area contributed by atoms with E-state index in [2.05, 4.69) is 15.9 Å². The molecule has 1 saturated carbocycles. The Morgan fingerprint density at radius 2 is 1.95 bits per heavy atom. The molecule has 5 nitrogen and oxygen atoms in total. The zero-order valence-corrected chi connectivity index (χ0v) is 13.4. The minimum Gasteiger partial charge on any atom is -0.481 e. The van der Waals surface area contributed by atoms with Crippen molar-refractivity contribution in [2.24, 2.45) is 5.41 Å². The van der Waals surface area contributed by atoms with E-state index < -0.39 is 32.4 Å². The van der Waals surface area contributed by atoms with Gasteiger partial charge in [0.25, 0.3) is 0 Å². The van der Waals surface area contributed by atoms with Gasteiger partial charge in [0.1, 0.15) is 5.41 Å². The Morgan fingerprint density at radius 1 is 1.40 bits per heavy atom. The maximum atomic E-state index is 11.9. The first-order chi connectivity index (χ1) is 9.25. The summed E-state index contributed by atoms with van der Waals surface area (Å²) in [6.45, 7) is -0.124. The molecule has 20 heavy (non-hydrogen) atoms. The second-order valence-corrected chi connectivity index (χ2v) is 8.14. The molecule has 0 radical (unpaired) electrons. The SMILES string of the molecule is COC[C@]1(C(=O)O)[C@@H](c2ccc(Br)cc2)[C@@H]1S(C)(=O)=O. The van der Waals surface area contributed by atoms with E-state index in [0.29, 0.717) is 5.56 Å². The third kappa shape index (κ3) is 2.38. The van der Waals surface area contributed by atoms with Crippen LogP contribution < -0.4 is 0 Å². The van der Waals surface area contributed by atoms with E-state index in [1.165, 1.54) is 7.11 Å². The molecule has 0 saturated heterocycles. The van der Waals surface area contributed by atoms with E-state index in [1.807, 2.05) is 0 Å². The lowest BCUT2D eigenvalue weighted by Crippen LogP contribution is -2.28. The van der Waals surface area contributed by atoms with Crippen LogP contribution in [0.3, 0.4) is 0 Å². The predicted octanol–water partition coefficient (Wildman–Crippen LogP) is 1.68. The van der Waals surface area contributed by atoms with Gasteiger partial charge in [-0.15, -0.1) is 0 Å². The standard InChI is InChI=1S/C13H15BrO5S/c1-19-7-13(12(15)16)10(11(13)20(2,17)18)8-3-5-9(14)6-4-8/h3-6,10-11H,7H2,1-2H3,(H,15,16)/t10-,11-,13-/m0/s1. The summed E-state index contributed by atoms with van der Waals surface area (Å²) in [4.78, 5) is 11.6. The second kappa shape index (κ2) is 5.13. The molecule has 1 fully saturated rings. The number of carboxylic acids is 1. The van der Waals surface area contributed by atoms with Crippen molar-refractivity contribution in [3.63, 3.8) is 0 Å². The molecule has 3 atom stereocenters. The predicted molar refractivity (Wildman–Crippen MR) is 77.5 cm³/mol. The average Bonchev–Trinajstić information content (AvgIpc) is 3.01. The van der Waals surface area contributed by atoms with Gasteiger partial charge in [0.2, 0.25) is 0 Å². The molecular formula is C13H15BrO5S. The maximum Gasteiger partial charge on any atom is 0.314 e. The summed E-state index contributed by atoms with van der Waals surface area (Å²) < 4.78 is 29.7. The van der Waals surface area contributed by atoms with Gasteiger partial charge in [-0.2, -0.15) is 0 Å². The summed E-state index contributed by atoms with van der Waals surface area (Å²) in [6.07, 6.45) is 1.07. The van der Waals surface area contributed by atoms with Crippen molar-refractivity contribution >= 4 is 31.7 Å². The number of hydrogen-bond acceptors (Lipinski definition) is 4. The van der Waals surface area contributed by atoms with Crippen LogP contribution in [0.4, 0.5) is 0 Å². The van der Waals surface area contributed by atoms with E-state index in [4.69, 9.17) is 4.74 Å². The van der Waals surface area contributed by atoms with Crippen LogP contribution in [0.2, 0.25) is 0 Å². The number of halogens is 1. The number of rotatable bonds is 5. The van der Waals surface area contributed by atoms with Crippen LogP contribution in [0.1, 0.15) is 11.5 Å². The normalized spacial score (nSPS) is 29.1. The molecule has 1 aliphatic rings. The summed E-state index contributed by atoms with van der Waals surface area (Å²) in [5, 5.41) is 8.55. The molecule has 0 bridgehead atoms. The largest absolute Gasteiger partial charge is 0.481 e. The fraction of sp³-hybridized carbons (Fsp3) is 0.462. The Morgan fingerprint density at radius 3 is 2.35 bits per heavy atom. The Bertz CT molecular complexity index is 625. The van der Waals surface area contributed by atoms with E-state index in [0.717, 1.165) is 10.7 Å². The van der Waals surface area contributed by atoms with Crippen molar-refractivity contribution in [1.29, 1.82) is 0 Å². The number of methoxy groups -OCH3 is 1.